The Bertz CT molecular complexity index is 778. The summed E-state index contributed by atoms with van der Waals surface area (Å²) in [7, 11) is 5.08. The number of methoxy groups -OCH3 is 1. The molecule has 0 atom stereocenters. The van der Waals surface area contributed by atoms with Gasteiger partial charge in [-0.2, -0.15) is 5.10 Å². The van der Waals surface area contributed by atoms with Crippen molar-refractivity contribution in [2.45, 2.75) is 18.4 Å². The van der Waals surface area contributed by atoms with Crippen LogP contribution in [0.25, 0.3) is 0 Å². The van der Waals surface area contributed by atoms with Crippen molar-refractivity contribution in [2.75, 3.05) is 34.3 Å². The molecule has 138 valence electrons. The molecule has 2 amide bonds. The third-order valence-electron chi connectivity index (χ3n) is 4.94. The second kappa shape index (κ2) is 7.19. The van der Waals surface area contributed by atoms with Crippen molar-refractivity contribution in [3.8, 4) is 5.75 Å². The van der Waals surface area contributed by atoms with Gasteiger partial charge in [0.2, 0.25) is 5.91 Å². The number of aromatic nitrogens is 2. The van der Waals surface area contributed by atoms with Gasteiger partial charge in [-0.1, -0.05) is 6.07 Å². The number of carbonyl (C=O) groups excluding carboxylic acids is 2. The fraction of sp³-hybridized carbons (Fsp3) is 0.421. The molecule has 2 aromatic rings. The Kier molecular flexibility index (Phi) is 4.97. The van der Waals surface area contributed by atoms with Gasteiger partial charge in [0.05, 0.1) is 7.11 Å². The van der Waals surface area contributed by atoms with Crippen LogP contribution in [0.4, 0.5) is 0 Å². The minimum atomic E-state index is -0.738. The lowest BCUT2D eigenvalue weighted by Crippen LogP contribution is -2.55. The van der Waals surface area contributed by atoms with Crippen LogP contribution in [0.15, 0.2) is 42.7 Å². The Labute approximate surface area is 153 Å². The zero-order valence-electron chi connectivity index (χ0n) is 15.4. The second-order valence-corrected chi connectivity index (χ2v) is 6.71. The van der Waals surface area contributed by atoms with Gasteiger partial charge < -0.3 is 14.5 Å². The van der Waals surface area contributed by atoms with E-state index >= 15 is 0 Å². The van der Waals surface area contributed by atoms with Crippen molar-refractivity contribution in [2.24, 2.45) is 0 Å². The molecule has 0 unspecified atom stereocenters. The van der Waals surface area contributed by atoms with Crippen LogP contribution in [0, 0.1) is 0 Å². The number of rotatable bonds is 4. The zero-order valence-corrected chi connectivity index (χ0v) is 15.4. The molecule has 0 aliphatic carbocycles. The van der Waals surface area contributed by atoms with Crippen molar-refractivity contribution >= 4 is 11.8 Å². The van der Waals surface area contributed by atoms with Crippen molar-refractivity contribution in [3.05, 3.63) is 48.3 Å². The summed E-state index contributed by atoms with van der Waals surface area (Å²) in [6.45, 7) is 0.991. The molecule has 7 nitrogen and oxygen atoms in total. The molecule has 2 heterocycles. The summed E-state index contributed by atoms with van der Waals surface area (Å²) < 4.78 is 6.94. The van der Waals surface area contributed by atoms with Gasteiger partial charge in [-0.05, 0) is 37.1 Å². The number of piperidine rings is 1. The van der Waals surface area contributed by atoms with Crippen LogP contribution in [-0.2, 0) is 10.3 Å². The van der Waals surface area contributed by atoms with E-state index in [0.717, 1.165) is 0 Å². The van der Waals surface area contributed by atoms with Gasteiger partial charge in [0.25, 0.3) is 5.91 Å². The SMILES string of the molecule is COc1cccc(C(=O)N2CCC(C(=O)N(C)C)(n3cccn3)CC2)c1. The first-order valence-corrected chi connectivity index (χ1v) is 8.63. The Hall–Kier alpha value is -2.83. The van der Waals surface area contributed by atoms with Gasteiger partial charge in [-0.3, -0.25) is 14.3 Å². The summed E-state index contributed by atoms with van der Waals surface area (Å²) in [4.78, 5) is 29.1. The van der Waals surface area contributed by atoms with E-state index in [-0.39, 0.29) is 11.8 Å². The molecule has 1 saturated heterocycles. The van der Waals surface area contributed by atoms with Gasteiger partial charge in [0.1, 0.15) is 11.3 Å². The molecular formula is C19H24N4O3. The first-order valence-electron chi connectivity index (χ1n) is 8.63. The molecule has 0 bridgehead atoms. The number of carbonyl (C=O) groups is 2. The molecular weight excluding hydrogens is 332 g/mol. The molecule has 0 saturated carbocycles. The van der Waals surface area contributed by atoms with Crippen molar-refractivity contribution in [3.63, 3.8) is 0 Å². The van der Waals surface area contributed by atoms with Crippen LogP contribution in [-0.4, -0.2) is 65.7 Å². The van der Waals surface area contributed by atoms with Crippen LogP contribution in [0.2, 0.25) is 0 Å². The van der Waals surface area contributed by atoms with E-state index in [0.29, 0.717) is 37.2 Å². The van der Waals surface area contributed by atoms with Crippen molar-refractivity contribution in [1.29, 1.82) is 0 Å². The first kappa shape index (κ1) is 18.0. The minimum absolute atomic E-state index is 0.00896. The molecule has 0 spiro atoms. The van der Waals surface area contributed by atoms with E-state index in [1.165, 1.54) is 0 Å². The van der Waals surface area contributed by atoms with Crippen molar-refractivity contribution < 1.29 is 14.3 Å². The number of ether oxygens (including phenoxy) is 1. The maximum absolute atomic E-state index is 12.9. The van der Waals surface area contributed by atoms with Crippen molar-refractivity contribution in [1.82, 2.24) is 19.6 Å². The van der Waals surface area contributed by atoms with Gasteiger partial charge in [-0.15, -0.1) is 0 Å². The monoisotopic (exact) mass is 356 g/mol. The van der Waals surface area contributed by atoms with Crippen LogP contribution < -0.4 is 4.74 Å². The molecule has 7 heteroatoms. The third-order valence-corrected chi connectivity index (χ3v) is 4.94. The van der Waals surface area contributed by atoms with Crippen LogP contribution >= 0.6 is 0 Å². The Morgan fingerprint density at radius 3 is 2.50 bits per heavy atom. The van der Waals surface area contributed by atoms with Crippen LogP contribution in [0.1, 0.15) is 23.2 Å². The van der Waals surface area contributed by atoms with E-state index < -0.39 is 5.54 Å². The first-order chi connectivity index (χ1) is 12.5. The lowest BCUT2D eigenvalue weighted by Gasteiger charge is -2.42. The van der Waals surface area contributed by atoms with E-state index in [4.69, 9.17) is 4.74 Å². The highest BCUT2D eigenvalue weighted by atomic mass is 16.5. The number of hydrogen-bond acceptors (Lipinski definition) is 4. The summed E-state index contributed by atoms with van der Waals surface area (Å²) in [6.07, 6.45) is 4.56. The number of hydrogen-bond donors (Lipinski definition) is 0. The highest BCUT2D eigenvalue weighted by Gasteiger charge is 2.45. The second-order valence-electron chi connectivity index (χ2n) is 6.71. The predicted molar refractivity (Wildman–Crippen MR) is 97.0 cm³/mol. The van der Waals surface area contributed by atoms with Gasteiger partial charge in [0.15, 0.2) is 0 Å². The fourth-order valence-electron chi connectivity index (χ4n) is 3.50. The number of amides is 2. The summed E-state index contributed by atoms with van der Waals surface area (Å²) in [5, 5.41) is 4.32. The standard InChI is InChI=1S/C19H24N4O3/c1-21(2)18(25)19(23-11-5-10-20-23)8-12-22(13-9-19)17(24)15-6-4-7-16(14-15)26-3/h4-7,10-11,14H,8-9,12-13H2,1-3H3. The van der Waals surface area contributed by atoms with E-state index in [1.54, 1.807) is 60.1 Å². The molecule has 1 aromatic carbocycles. The van der Waals surface area contributed by atoms with Gasteiger partial charge >= 0.3 is 0 Å². The predicted octanol–water partition coefficient (Wildman–Crippen LogP) is 1.61. The number of likely N-dealkylation sites (N-methyl/N-ethyl adjacent to an activating group) is 1. The van der Waals surface area contributed by atoms with E-state index in [2.05, 4.69) is 5.10 Å². The topological polar surface area (TPSA) is 67.7 Å². The number of likely N-dealkylation sites (tertiary alicyclic amines) is 1. The average Bonchev–Trinajstić information content (AvgIpc) is 3.22. The van der Waals surface area contributed by atoms with Crippen LogP contribution in [0.3, 0.4) is 0 Å². The summed E-state index contributed by atoms with van der Waals surface area (Å²) >= 11 is 0. The normalized spacial score (nSPS) is 16.2. The summed E-state index contributed by atoms with van der Waals surface area (Å²) in [6, 6.07) is 8.96. The molecule has 26 heavy (non-hydrogen) atoms. The zero-order chi connectivity index (χ0) is 18.7. The molecule has 3 rings (SSSR count). The minimum Gasteiger partial charge on any atom is -0.497 e. The number of benzene rings is 1. The number of nitrogens with zero attached hydrogens (tertiary/aromatic N) is 4. The largest absolute Gasteiger partial charge is 0.497 e. The quantitative estimate of drug-likeness (QED) is 0.835. The maximum atomic E-state index is 12.9. The molecule has 0 radical (unpaired) electrons. The molecule has 1 aromatic heterocycles. The molecule has 1 aliphatic rings. The van der Waals surface area contributed by atoms with Gasteiger partial charge in [0, 0.05) is 45.1 Å². The van der Waals surface area contributed by atoms with Gasteiger partial charge in [-0.25, -0.2) is 0 Å². The lowest BCUT2D eigenvalue weighted by molar-refractivity contribution is -0.141. The fourth-order valence-corrected chi connectivity index (χ4v) is 3.50. The van der Waals surface area contributed by atoms with E-state index in [1.807, 2.05) is 18.3 Å². The summed E-state index contributed by atoms with van der Waals surface area (Å²) in [5.74, 6) is 0.617. The Morgan fingerprint density at radius 1 is 1.19 bits per heavy atom. The molecule has 1 aliphatic heterocycles. The molecule has 0 N–H and O–H groups in total. The average molecular weight is 356 g/mol. The summed E-state index contributed by atoms with van der Waals surface area (Å²) in [5.41, 5.74) is -0.145. The Balaban J connectivity index is 1.79. The maximum Gasteiger partial charge on any atom is 0.253 e. The smallest absolute Gasteiger partial charge is 0.253 e. The third kappa shape index (κ3) is 3.16. The van der Waals surface area contributed by atoms with E-state index in [9.17, 15) is 9.59 Å². The Morgan fingerprint density at radius 2 is 1.92 bits per heavy atom. The highest BCUT2D eigenvalue weighted by molar-refractivity contribution is 5.95. The highest BCUT2D eigenvalue weighted by Crippen LogP contribution is 2.32. The lowest BCUT2D eigenvalue weighted by atomic mass is 9.86. The van der Waals surface area contributed by atoms with Crippen LogP contribution in [0.5, 0.6) is 5.75 Å². The molecule has 1 fully saturated rings.